The molecule has 96 valence electrons. The van der Waals surface area contributed by atoms with Crippen molar-refractivity contribution in [1.29, 1.82) is 0 Å². The molecule has 0 aliphatic rings. The summed E-state index contributed by atoms with van der Waals surface area (Å²) >= 11 is 2.18. The maximum absolute atomic E-state index is 12.9. The normalized spacial score (nSPS) is 11.1. The maximum atomic E-state index is 12.9. The highest BCUT2D eigenvalue weighted by molar-refractivity contribution is 14.1. The van der Waals surface area contributed by atoms with Gasteiger partial charge in [0.05, 0.1) is 12.1 Å². The van der Waals surface area contributed by atoms with Gasteiger partial charge < -0.3 is 4.42 Å². The highest BCUT2D eigenvalue weighted by Gasteiger charge is 2.09. The standard InChI is InChI=1S/C14H9FINO2/c15-10-3-1-9(2-4-10)8-17-12-7-11(16)5-6-13(12)19-14(17)18/h1-7H,8H2. The smallest absolute Gasteiger partial charge is 0.408 e. The van der Waals surface area contributed by atoms with Crippen LogP contribution in [0.2, 0.25) is 0 Å². The van der Waals surface area contributed by atoms with Crippen molar-refractivity contribution in [2.24, 2.45) is 0 Å². The Kier molecular flexibility index (Phi) is 3.14. The summed E-state index contributed by atoms with van der Waals surface area (Å²) < 4.78 is 20.6. The van der Waals surface area contributed by atoms with Gasteiger partial charge in [0, 0.05) is 3.57 Å². The molecule has 2 aromatic carbocycles. The van der Waals surface area contributed by atoms with Crippen LogP contribution in [-0.2, 0) is 6.54 Å². The molecule has 5 heteroatoms. The van der Waals surface area contributed by atoms with Gasteiger partial charge in [0.25, 0.3) is 0 Å². The summed E-state index contributed by atoms with van der Waals surface area (Å²) in [4.78, 5) is 11.8. The Balaban J connectivity index is 2.09. The molecule has 3 nitrogen and oxygen atoms in total. The molecule has 0 amide bonds. The fraction of sp³-hybridized carbons (Fsp3) is 0.0714. The van der Waals surface area contributed by atoms with Crippen molar-refractivity contribution in [1.82, 2.24) is 4.57 Å². The number of nitrogens with zero attached hydrogens (tertiary/aromatic N) is 1. The summed E-state index contributed by atoms with van der Waals surface area (Å²) in [6.07, 6.45) is 0. The number of hydrogen-bond donors (Lipinski definition) is 0. The molecule has 0 atom stereocenters. The van der Waals surface area contributed by atoms with Gasteiger partial charge in [-0.15, -0.1) is 0 Å². The van der Waals surface area contributed by atoms with Crippen molar-refractivity contribution in [2.75, 3.05) is 0 Å². The van der Waals surface area contributed by atoms with E-state index in [0.29, 0.717) is 12.1 Å². The molecule has 0 saturated carbocycles. The highest BCUT2D eigenvalue weighted by atomic mass is 127. The molecule has 3 rings (SSSR count). The van der Waals surface area contributed by atoms with Crippen molar-refractivity contribution in [3.8, 4) is 0 Å². The van der Waals surface area contributed by atoms with Crippen LogP contribution in [0.25, 0.3) is 11.1 Å². The Morgan fingerprint density at radius 1 is 1.16 bits per heavy atom. The number of aromatic nitrogens is 1. The Labute approximate surface area is 121 Å². The largest absolute Gasteiger partial charge is 0.420 e. The SMILES string of the molecule is O=c1oc2ccc(I)cc2n1Cc1ccc(F)cc1. The minimum atomic E-state index is -0.402. The first-order valence-corrected chi connectivity index (χ1v) is 6.75. The number of hydrogen-bond acceptors (Lipinski definition) is 2. The summed E-state index contributed by atoms with van der Waals surface area (Å²) in [7, 11) is 0. The number of benzene rings is 2. The van der Waals surface area contributed by atoms with Gasteiger partial charge in [0.1, 0.15) is 5.82 Å². The first-order chi connectivity index (χ1) is 9.13. The number of rotatable bonds is 2. The second-order valence-electron chi connectivity index (χ2n) is 4.19. The van der Waals surface area contributed by atoms with Crippen molar-refractivity contribution < 1.29 is 8.81 Å². The summed E-state index contributed by atoms with van der Waals surface area (Å²) in [6.45, 7) is 0.367. The van der Waals surface area contributed by atoms with Crippen LogP contribution in [0.15, 0.2) is 51.7 Å². The lowest BCUT2D eigenvalue weighted by atomic mass is 10.2. The summed E-state index contributed by atoms with van der Waals surface area (Å²) in [5.41, 5.74) is 2.17. The van der Waals surface area contributed by atoms with Crippen LogP contribution >= 0.6 is 22.6 Å². The molecule has 0 bridgehead atoms. The molecule has 0 spiro atoms. The van der Waals surface area contributed by atoms with Gasteiger partial charge in [-0.3, -0.25) is 4.57 Å². The van der Waals surface area contributed by atoms with E-state index in [0.717, 1.165) is 14.7 Å². The number of fused-ring (bicyclic) bond motifs is 1. The molecular weight excluding hydrogens is 360 g/mol. The van der Waals surface area contributed by atoms with Crippen LogP contribution in [0.3, 0.4) is 0 Å². The van der Waals surface area contributed by atoms with E-state index in [9.17, 15) is 9.18 Å². The van der Waals surface area contributed by atoms with Crippen LogP contribution in [-0.4, -0.2) is 4.57 Å². The van der Waals surface area contributed by atoms with Crippen LogP contribution in [0.4, 0.5) is 4.39 Å². The fourth-order valence-corrected chi connectivity index (χ4v) is 2.43. The molecule has 1 aromatic heterocycles. The van der Waals surface area contributed by atoms with E-state index in [1.807, 2.05) is 12.1 Å². The van der Waals surface area contributed by atoms with Gasteiger partial charge in [-0.05, 0) is 58.5 Å². The minimum absolute atomic E-state index is 0.289. The Morgan fingerprint density at radius 3 is 2.63 bits per heavy atom. The third-order valence-electron chi connectivity index (χ3n) is 2.88. The first-order valence-electron chi connectivity index (χ1n) is 5.67. The Bertz CT molecular complexity index is 789. The predicted molar refractivity (Wildman–Crippen MR) is 78.7 cm³/mol. The first kappa shape index (κ1) is 12.4. The minimum Gasteiger partial charge on any atom is -0.408 e. The average Bonchev–Trinajstić information content (AvgIpc) is 2.69. The lowest BCUT2D eigenvalue weighted by Gasteiger charge is -2.02. The lowest BCUT2D eigenvalue weighted by Crippen LogP contribution is -2.14. The topological polar surface area (TPSA) is 35.1 Å². The number of oxazole rings is 1. The van der Waals surface area contributed by atoms with Gasteiger partial charge in [-0.25, -0.2) is 9.18 Å². The van der Waals surface area contributed by atoms with E-state index in [1.165, 1.54) is 12.1 Å². The zero-order chi connectivity index (χ0) is 13.4. The van der Waals surface area contributed by atoms with Gasteiger partial charge in [-0.2, -0.15) is 0 Å². The van der Waals surface area contributed by atoms with E-state index in [1.54, 1.807) is 22.8 Å². The molecule has 1 heterocycles. The summed E-state index contributed by atoms with van der Waals surface area (Å²) in [6, 6.07) is 11.6. The molecule has 0 aliphatic heterocycles. The van der Waals surface area contributed by atoms with Crippen LogP contribution in [0.5, 0.6) is 0 Å². The third kappa shape index (κ3) is 2.42. The zero-order valence-electron chi connectivity index (χ0n) is 9.77. The maximum Gasteiger partial charge on any atom is 0.420 e. The fourth-order valence-electron chi connectivity index (χ4n) is 1.96. The quantitative estimate of drug-likeness (QED) is 0.650. The molecule has 0 radical (unpaired) electrons. The van der Waals surface area contributed by atoms with Gasteiger partial charge in [0.2, 0.25) is 0 Å². The molecule has 0 saturated heterocycles. The second-order valence-corrected chi connectivity index (χ2v) is 5.44. The van der Waals surface area contributed by atoms with Crippen LogP contribution in [0.1, 0.15) is 5.56 Å². The predicted octanol–water partition coefficient (Wildman–Crippen LogP) is 3.39. The van der Waals surface area contributed by atoms with E-state index < -0.39 is 5.76 Å². The van der Waals surface area contributed by atoms with Crippen molar-refractivity contribution in [2.45, 2.75) is 6.54 Å². The molecule has 3 aromatic rings. The Morgan fingerprint density at radius 2 is 1.89 bits per heavy atom. The summed E-state index contributed by atoms with van der Waals surface area (Å²) in [5.74, 6) is -0.691. The van der Waals surface area contributed by atoms with Crippen LogP contribution < -0.4 is 5.76 Å². The van der Waals surface area contributed by atoms with E-state index >= 15 is 0 Å². The van der Waals surface area contributed by atoms with Crippen LogP contribution in [0, 0.1) is 9.39 Å². The summed E-state index contributed by atoms with van der Waals surface area (Å²) in [5, 5.41) is 0. The average molecular weight is 369 g/mol. The van der Waals surface area contributed by atoms with E-state index in [2.05, 4.69) is 22.6 Å². The van der Waals surface area contributed by atoms with E-state index in [4.69, 9.17) is 4.42 Å². The lowest BCUT2D eigenvalue weighted by molar-refractivity contribution is 0.517. The van der Waals surface area contributed by atoms with Crippen molar-refractivity contribution >= 4 is 33.7 Å². The molecule has 0 N–H and O–H groups in total. The Hall–Kier alpha value is -1.63. The molecular formula is C14H9FINO2. The molecule has 19 heavy (non-hydrogen) atoms. The third-order valence-corrected chi connectivity index (χ3v) is 3.55. The van der Waals surface area contributed by atoms with E-state index in [-0.39, 0.29) is 5.82 Å². The molecule has 0 unspecified atom stereocenters. The number of halogens is 2. The monoisotopic (exact) mass is 369 g/mol. The highest BCUT2D eigenvalue weighted by Crippen LogP contribution is 2.17. The van der Waals surface area contributed by atoms with Gasteiger partial charge in [0.15, 0.2) is 5.58 Å². The van der Waals surface area contributed by atoms with Crippen molar-refractivity contribution in [3.63, 3.8) is 0 Å². The second kappa shape index (κ2) is 4.80. The zero-order valence-corrected chi connectivity index (χ0v) is 11.9. The molecule has 0 aliphatic carbocycles. The molecule has 0 fully saturated rings. The van der Waals surface area contributed by atoms with Crippen molar-refractivity contribution in [3.05, 3.63) is 68.0 Å². The van der Waals surface area contributed by atoms with Gasteiger partial charge in [-0.1, -0.05) is 12.1 Å². The van der Waals surface area contributed by atoms with Gasteiger partial charge >= 0.3 is 5.76 Å².